The van der Waals surface area contributed by atoms with E-state index < -0.39 is 5.97 Å². The predicted octanol–water partition coefficient (Wildman–Crippen LogP) is 7.85. The smallest absolute Gasteiger partial charge is 0.303 e. The fourth-order valence-electron chi connectivity index (χ4n) is 6.60. The zero-order valence-electron chi connectivity index (χ0n) is 28.4. The number of aliphatic carboxylic acids is 1. The highest BCUT2D eigenvalue weighted by Crippen LogP contribution is 2.36. The van der Waals surface area contributed by atoms with Crippen LogP contribution in [0, 0.1) is 0 Å². The monoisotopic (exact) mass is 739 g/mol. The molecule has 1 atom stereocenters. The Bertz CT molecular complexity index is 1930. The first-order valence-electron chi connectivity index (χ1n) is 16.9. The highest BCUT2D eigenvalue weighted by molar-refractivity contribution is 9.10. The Labute approximate surface area is 301 Å². The van der Waals surface area contributed by atoms with E-state index in [1.54, 1.807) is 26.4 Å². The molecule has 5 aromatic rings. The molecule has 2 heterocycles. The van der Waals surface area contributed by atoms with E-state index >= 15 is 0 Å². The molecule has 0 bridgehead atoms. The number of anilines is 1. The third-order valence-corrected chi connectivity index (χ3v) is 9.79. The second-order valence-corrected chi connectivity index (χ2v) is 13.3. The molecule has 0 saturated carbocycles. The van der Waals surface area contributed by atoms with Crippen LogP contribution in [0.2, 0.25) is 0 Å². The summed E-state index contributed by atoms with van der Waals surface area (Å²) in [7, 11) is 3.30. The van der Waals surface area contributed by atoms with Crippen LogP contribution in [0.3, 0.4) is 0 Å². The van der Waals surface area contributed by atoms with Gasteiger partial charge in [-0.15, -0.1) is 0 Å². The molecule has 0 spiro atoms. The zero-order valence-corrected chi connectivity index (χ0v) is 30.0. The van der Waals surface area contributed by atoms with Crippen LogP contribution in [0.25, 0.3) is 10.9 Å². The molecule has 1 aliphatic rings. The zero-order chi connectivity index (χ0) is 35.0. The van der Waals surface area contributed by atoms with Crippen molar-refractivity contribution in [3.05, 3.63) is 118 Å². The summed E-state index contributed by atoms with van der Waals surface area (Å²) in [6, 6.07) is 29.4. The lowest BCUT2D eigenvalue weighted by atomic mass is 10.0. The molecule has 10 heteroatoms. The van der Waals surface area contributed by atoms with E-state index in [2.05, 4.69) is 43.9 Å². The summed E-state index contributed by atoms with van der Waals surface area (Å²) in [4.78, 5) is 29.9. The van der Waals surface area contributed by atoms with Crippen molar-refractivity contribution in [2.24, 2.45) is 0 Å². The first kappa shape index (κ1) is 35.0. The number of carbonyl (C=O) groups excluding carboxylic acids is 1. The van der Waals surface area contributed by atoms with E-state index in [4.69, 9.17) is 19.3 Å². The Kier molecular flexibility index (Phi) is 11.4. The summed E-state index contributed by atoms with van der Waals surface area (Å²) in [5.41, 5.74) is 4.12. The minimum atomic E-state index is -0.836. The number of piperazine rings is 1. The van der Waals surface area contributed by atoms with Crippen LogP contribution in [0.4, 0.5) is 5.69 Å². The number of halogens is 1. The van der Waals surface area contributed by atoms with E-state index in [0.29, 0.717) is 35.6 Å². The van der Waals surface area contributed by atoms with Crippen LogP contribution in [0.15, 0.2) is 102 Å². The van der Waals surface area contributed by atoms with E-state index in [1.165, 1.54) is 0 Å². The highest BCUT2D eigenvalue weighted by atomic mass is 79.9. The number of carboxylic acid groups (broad SMARTS) is 1. The van der Waals surface area contributed by atoms with E-state index in [0.717, 1.165) is 71.5 Å². The van der Waals surface area contributed by atoms with Crippen molar-refractivity contribution in [2.45, 2.75) is 31.9 Å². The molecule has 1 aromatic heterocycles. The molecule has 1 N–H and O–H groups in total. The Balaban J connectivity index is 1.17. The molecule has 0 aliphatic carbocycles. The molecule has 50 heavy (non-hydrogen) atoms. The van der Waals surface area contributed by atoms with Crippen molar-refractivity contribution in [1.82, 2.24) is 9.47 Å². The SMILES string of the molecule is COc1cc(C(=O)c2cn(CCCC(=O)O)c3ccccc23)ccc1OC(CCN1CCN(c2ccccc2OC)CC1)c1ccc(Br)cc1. The van der Waals surface area contributed by atoms with Crippen LogP contribution in [0.5, 0.6) is 17.2 Å². The van der Waals surface area contributed by atoms with Gasteiger partial charge in [-0.3, -0.25) is 14.5 Å². The number of rotatable bonds is 15. The number of aromatic nitrogens is 1. The molecule has 0 amide bonds. The minimum absolute atomic E-state index is 0.0657. The number of carbonyl (C=O) groups is 2. The van der Waals surface area contributed by atoms with Gasteiger partial charge in [-0.05, 0) is 60.5 Å². The van der Waals surface area contributed by atoms with Gasteiger partial charge in [0.05, 0.1) is 19.9 Å². The lowest BCUT2D eigenvalue weighted by Crippen LogP contribution is -2.47. The highest BCUT2D eigenvalue weighted by Gasteiger charge is 2.24. The number of fused-ring (bicyclic) bond motifs is 1. The number of methoxy groups -OCH3 is 2. The van der Waals surface area contributed by atoms with Crippen molar-refractivity contribution in [3.63, 3.8) is 0 Å². The molecular formula is C40H42BrN3O6. The van der Waals surface area contributed by atoms with Gasteiger partial charge >= 0.3 is 5.97 Å². The summed E-state index contributed by atoms with van der Waals surface area (Å²) in [6.45, 7) is 5.05. The van der Waals surface area contributed by atoms with Crippen LogP contribution < -0.4 is 19.1 Å². The number of nitrogens with zero attached hydrogens (tertiary/aromatic N) is 3. The minimum Gasteiger partial charge on any atom is -0.495 e. The summed E-state index contributed by atoms with van der Waals surface area (Å²) in [6.07, 6.45) is 2.89. The van der Waals surface area contributed by atoms with Gasteiger partial charge in [0.25, 0.3) is 0 Å². The normalized spacial score (nSPS) is 14.0. The fourth-order valence-corrected chi connectivity index (χ4v) is 6.87. The molecule has 1 saturated heterocycles. The first-order valence-corrected chi connectivity index (χ1v) is 17.7. The number of ether oxygens (including phenoxy) is 3. The van der Waals surface area contributed by atoms with Gasteiger partial charge in [0.1, 0.15) is 11.9 Å². The molecular weight excluding hydrogens is 698 g/mol. The van der Waals surface area contributed by atoms with Crippen LogP contribution in [0.1, 0.15) is 46.9 Å². The van der Waals surface area contributed by atoms with E-state index in [1.807, 2.05) is 71.4 Å². The largest absolute Gasteiger partial charge is 0.495 e. The standard InChI is InChI=1S/C40H42BrN3O6/c1-48-36-11-6-5-10-34(36)43-24-22-42(23-25-43)21-19-35(28-13-16-30(41)17-14-28)50-37-18-15-29(26-38(37)49-2)40(47)32-27-44(20-7-12-39(45)46)33-9-4-3-8-31(32)33/h3-6,8-11,13-18,26-27,35H,7,12,19-25H2,1-2H3,(H,45,46). The van der Waals surface area contributed by atoms with Crippen LogP contribution in [-0.2, 0) is 11.3 Å². The summed E-state index contributed by atoms with van der Waals surface area (Å²) in [5, 5.41) is 9.93. The third kappa shape index (κ3) is 8.14. The van der Waals surface area contributed by atoms with Crippen LogP contribution >= 0.6 is 15.9 Å². The van der Waals surface area contributed by atoms with Gasteiger partial charge in [-0.2, -0.15) is 0 Å². The number of carboxylic acids is 1. The topological polar surface area (TPSA) is 93.5 Å². The molecule has 260 valence electrons. The Morgan fingerprint density at radius 1 is 0.820 bits per heavy atom. The summed E-state index contributed by atoms with van der Waals surface area (Å²) in [5.74, 6) is 0.964. The maximum absolute atomic E-state index is 13.9. The van der Waals surface area contributed by atoms with Gasteiger partial charge in [-0.1, -0.05) is 58.4 Å². The summed E-state index contributed by atoms with van der Waals surface area (Å²) >= 11 is 3.56. The molecule has 6 rings (SSSR count). The third-order valence-electron chi connectivity index (χ3n) is 9.27. The fraction of sp³-hybridized carbons (Fsp3) is 0.300. The molecule has 1 aliphatic heterocycles. The molecule has 1 unspecified atom stereocenters. The number of ketones is 1. The number of benzene rings is 4. The lowest BCUT2D eigenvalue weighted by Gasteiger charge is -2.37. The molecule has 9 nitrogen and oxygen atoms in total. The number of para-hydroxylation sites is 3. The van der Waals surface area contributed by atoms with Gasteiger partial charge in [0.2, 0.25) is 0 Å². The van der Waals surface area contributed by atoms with Gasteiger partial charge in [0, 0.05) is 84.8 Å². The number of hydrogen-bond donors (Lipinski definition) is 1. The Morgan fingerprint density at radius 2 is 1.54 bits per heavy atom. The maximum atomic E-state index is 13.9. The Hall–Kier alpha value is -4.80. The van der Waals surface area contributed by atoms with E-state index in [-0.39, 0.29) is 18.3 Å². The second kappa shape index (κ2) is 16.3. The first-order chi connectivity index (χ1) is 24.3. The molecule has 4 aromatic carbocycles. The van der Waals surface area contributed by atoms with Gasteiger partial charge in [0.15, 0.2) is 17.3 Å². The average Bonchev–Trinajstić information content (AvgIpc) is 3.52. The summed E-state index contributed by atoms with van der Waals surface area (Å²) < 4.78 is 21.0. The van der Waals surface area contributed by atoms with Crippen LogP contribution in [-0.4, -0.2) is 73.3 Å². The molecule has 1 fully saturated rings. The average molecular weight is 741 g/mol. The van der Waals surface area contributed by atoms with Crippen molar-refractivity contribution >= 4 is 44.3 Å². The predicted molar refractivity (Wildman–Crippen MR) is 199 cm³/mol. The Morgan fingerprint density at radius 3 is 2.28 bits per heavy atom. The lowest BCUT2D eigenvalue weighted by molar-refractivity contribution is -0.137. The van der Waals surface area contributed by atoms with Crippen molar-refractivity contribution in [3.8, 4) is 17.2 Å². The maximum Gasteiger partial charge on any atom is 0.303 e. The quantitative estimate of drug-likeness (QED) is 0.109. The van der Waals surface area contributed by atoms with Gasteiger partial charge < -0.3 is 28.8 Å². The number of hydrogen-bond acceptors (Lipinski definition) is 7. The second-order valence-electron chi connectivity index (χ2n) is 12.4. The van der Waals surface area contributed by atoms with Gasteiger partial charge in [-0.25, -0.2) is 0 Å². The van der Waals surface area contributed by atoms with Crippen molar-refractivity contribution in [1.29, 1.82) is 0 Å². The van der Waals surface area contributed by atoms with Crippen molar-refractivity contribution in [2.75, 3.05) is 51.8 Å². The van der Waals surface area contributed by atoms with Crippen molar-refractivity contribution < 1.29 is 28.9 Å². The molecule has 0 radical (unpaired) electrons. The van der Waals surface area contributed by atoms with E-state index in [9.17, 15) is 9.59 Å². The number of aryl methyl sites for hydroxylation is 1.